The number of aliphatic imine (C=N–C) groups is 1. The van der Waals surface area contributed by atoms with Gasteiger partial charge in [-0.3, -0.25) is 18.0 Å². The van der Waals surface area contributed by atoms with Crippen molar-refractivity contribution in [1.82, 2.24) is 5.32 Å². The zero-order valence-electron chi connectivity index (χ0n) is 33.8. The van der Waals surface area contributed by atoms with Gasteiger partial charge < -0.3 is 5.32 Å². The molecule has 0 saturated carbocycles. The van der Waals surface area contributed by atoms with Gasteiger partial charge in [-0.1, -0.05) is 180 Å². The van der Waals surface area contributed by atoms with Gasteiger partial charge in [0.05, 0.1) is 27.2 Å². The Morgan fingerprint density at radius 1 is 0.706 bits per heavy atom. The number of hydrogen-bond donors (Lipinski definition) is 2. The van der Waals surface area contributed by atoms with E-state index >= 15 is 0 Å². The summed E-state index contributed by atoms with van der Waals surface area (Å²) in [7, 11) is -1.03. The van der Waals surface area contributed by atoms with E-state index in [2.05, 4.69) is 48.6 Å². The highest BCUT2D eigenvalue weighted by Gasteiger charge is 2.31. The van der Waals surface area contributed by atoms with Crippen LogP contribution in [0.4, 0.5) is 0 Å². The fraction of sp³-hybridized carbons (Fsp3) is 0.857. The van der Waals surface area contributed by atoms with E-state index in [9.17, 15) is 13.2 Å². The number of rotatable bonds is 34. The molecule has 2 N–H and O–H groups in total. The van der Waals surface area contributed by atoms with E-state index in [0.717, 1.165) is 44.1 Å². The quantitative estimate of drug-likeness (QED) is 0.0296. The summed E-state index contributed by atoms with van der Waals surface area (Å²) in [5.41, 5.74) is 0. The van der Waals surface area contributed by atoms with Crippen molar-refractivity contribution in [3.05, 3.63) is 24.3 Å². The molecular weight excluding hydrogens is 659 g/mol. The van der Waals surface area contributed by atoms with E-state index in [0.29, 0.717) is 6.54 Å². The number of quaternary nitrogens is 1. The summed E-state index contributed by atoms with van der Waals surface area (Å²) in [5.74, 6) is 1.23. The maximum Gasteiger partial charge on any atom is 0.397 e. The van der Waals surface area contributed by atoms with Crippen LogP contribution >= 0.6 is 0 Å². The number of nitrogens with zero attached hydrogens (tertiary/aromatic N) is 2. The van der Waals surface area contributed by atoms with E-state index in [-0.39, 0.29) is 5.91 Å². The highest BCUT2D eigenvalue weighted by Crippen LogP contribution is 2.16. The van der Waals surface area contributed by atoms with Crippen molar-refractivity contribution >= 4 is 22.1 Å². The predicted molar refractivity (Wildman–Crippen MR) is 219 cm³/mol. The third-order valence-corrected chi connectivity index (χ3v) is 10.4. The number of hydrogen-bond acceptors (Lipinski definition) is 5. The smallest absolute Gasteiger partial charge is 0.347 e. The van der Waals surface area contributed by atoms with E-state index in [1.165, 1.54) is 173 Å². The highest BCUT2D eigenvalue weighted by molar-refractivity contribution is 7.80. The van der Waals surface area contributed by atoms with E-state index in [4.69, 9.17) is 9.55 Å². The van der Waals surface area contributed by atoms with Gasteiger partial charge in [-0.15, -0.1) is 0 Å². The van der Waals surface area contributed by atoms with Gasteiger partial charge in [0.25, 0.3) is 0 Å². The van der Waals surface area contributed by atoms with Crippen molar-refractivity contribution in [2.24, 2.45) is 4.99 Å². The van der Waals surface area contributed by atoms with Crippen LogP contribution in [0.3, 0.4) is 0 Å². The van der Waals surface area contributed by atoms with Crippen LogP contribution in [0.1, 0.15) is 194 Å². The molecule has 300 valence electrons. The van der Waals surface area contributed by atoms with Gasteiger partial charge in [-0.25, -0.2) is 4.99 Å². The molecule has 0 aromatic heterocycles. The van der Waals surface area contributed by atoms with Crippen LogP contribution in [0.15, 0.2) is 29.3 Å². The number of carbonyl (C=O) groups is 1. The molecule has 51 heavy (non-hydrogen) atoms. The summed E-state index contributed by atoms with van der Waals surface area (Å²) in [5, 5.41) is 3.11. The number of amidine groups is 1. The molecule has 0 aromatic rings. The van der Waals surface area contributed by atoms with Gasteiger partial charge in [0, 0.05) is 6.08 Å². The Morgan fingerprint density at radius 3 is 1.47 bits per heavy atom. The van der Waals surface area contributed by atoms with E-state index in [1.807, 2.05) is 0 Å². The summed E-state index contributed by atoms with van der Waals surface area (Å²) in [6.45, 7) is 8.10. The second-order valence-corrected chi connectivity index (χ2v) is 16.0. The van der Waals surface area contributed by atoms with E-state index < -0.39 is 10.4 Å². The van der Waals surface area contributed by atoms with E-state index in [1.54, 1.807) is 6.08 Å². The fourth-order valence-electron chi connectivity index (χ4n) is 6.55. The van der Waals surface area contributed by atoms with Crippen molar-refractivity contribution in [3.63, 3.8) is 0 Å². The van der Waals surface area contributed by atoms with Crippen LogP contribution in [0.5, 0.6) is 0 Å². The summed E-state index contributed by atoms with van der Waals surface area (Å²) >= 11 is 0. The first-order valence-electron chi connectivity index (χ1n) is 21.2. The number of nitrogens with one attached hydrogen (secondary N) is 1. The van der Waals surface area contributed by atoms with Crippen molar-refractivity contribution in [2.75, 3.05) is 40.3 Å². The molecular formula is C42H82N3O5S+. The SMILES string of the molecule is CCCCCCCCCCCCCCC/C=C/C(=O)NCC[N+]1(C)CCN=C1/C=C/CCCCCCCCCCCCCCC.COS(=O)(=O)O. The fourth-order valence-corrected chi connectivity index (χ4v) is 6.55. The lowest BCUT2D eigenvalue weighted by Gasteiger charge is -2.28. The summed E-state index contributed by atoms with van der Waals surface area (Å²) in [4.78, 5) is 17.1. The molecule has 1 aliphatic rings. The predicted octanol–water partition coefficient (Wildman–Crippen LogP) is 11.5. The number of amides is 1. The molecule has 0 bridgehead atoms. The maximum atomic E-state index is 12.3. The van der Waals surface area contributed by atoms with Gasteiger partial charge in [0.1, 0.15) is 13.1 Å². The average molecular weight is 741 g/mol. The Labute approximate surface area is 316 Å². The summed E-state index contributed by atoms with van der Waals surface area (Å²) in [6, 6.07) is 0. The lowest BCUT2D eigenvalue weighted by atomic mass is 10.0. The standard InChI is InChI=1S/C41H77N3O.CH4O4S/c1-4-6-8-10-12-14-16-18-20-22-24-26-28-30-32-34-40-42-36-38-44(40,3)39-37-43-41(45)35-33-31-29-27-25-23-21-19-17-15-13-11-9-7-5-2;1-5-6(2,3)4/h32-35H,4-31,36-39H2,1-3H3;1H3,(H,2,3,4)/p+1/b34-32+,35-33+;. The zero-order valence-corrected chi connectivity index (χ0v) is 34.6. The first-order chi connectivity index (χ1) is 24.7. The highest BCUT2D eigenvalue weighted by atomic mass is 32.3. The second kappa shape index (κ2) is 35.5. The van der Waals surface area contributed by atoms with Crippen LogP contribution in [0.25, 0.3) is 0 Å². The van der Waals surface area contributed by atoms with Gasteiger partial charge in [0.2, 0.25) is 11.7 Å². The molecule has 0 spiro atoms. The zero-order chi connectivity index (χ0) is 37.7. The Balaban J connectivity index is 0.00000381. The van der Waals surface area contributed by atoms with Crippen molar-refractivity contribution in [3.8, 4) is 0 Å². The third-order valence-electron chi connectivity index (χ3n) is 10.0. The van der Waals surface area contributed by atoms with Crippen LogP contribution in [0.2, 0.25) is 0 Å². The second-order valence-electron chi connectivity index (χ2n) is 14.8. The molecule has 8 nitrogen and oxygen atoms in total. The Hall–Kier alpha value is -1.55. The molecule has 1 amide bonds. The molecule has 0 saturated heterocycles. The lowest BCUT2D eigenvalue weighted by molar-refractivity contribution is -0.811. The number of likely N-dealkylation sites (N-methyl/N-ethyl adjacent to an activating group) is 1. The number of carbonyl (C=O) groups excluding carboxylic acids is 1. The first-order valence-corrected chi connectivity index (χ1v) is 22.6. The third kappa shape index (κ3) is 34.0. The molecule has 0 radical (unpaired) electrons. The van der Waals surface area contributed by atoms with Gasteiger partial charge in [-0.05, 0) is 31.8 Å². The van der Waals surface area contributed by atoms with Crippen LogP contribution in [-0.2, 0) is 19.4 Å². The Bertz CT molecular complexity index is 998. The lowest BCUT2D eigenvalue weighted by Crippen LogP contribution is -2.50. The van der Waals surface area contributed by atoms with Crippen LogP contribution in [-0.4, -0.2) is 69.5 Å². The number of allylic oxidation sites excluding steroid dienone is 2. The molecule has 1 unspecified atom stereocenters. The summed E-state index contributed by atoms with van der Waals surface area (Å²) in [6.07, 6.45) is 46.7. The minimum Gasteiger partial charge on any atom is -0.347 e. The van der Waals surface area contributed by atoms with Gasteiger partial charge in [0.15, 0.2) is 0 Å². The molecule has 1 rings (SSSR count). The molecule has 0 aliphatic carbocycles. The average Bonchev–Trinajstić information content (AvgIpc) is 3.47. The first kappa shape index (κ1) is 49.5. The normalized spacial score (nSPS) is 16.1. The maximum absolute atomic E-state index is 12.3. The minimum atomic E-state index is -4.16. The minimum absolute atomic E-state index is 0.0481. The topological polar surface area (TPSA) is 105 Å². The summed E-state index contributed by atoms with van der Waals surface area (Å²) < 4.78 is 30.5. The van der Waals surface area contributed by atoms with Crippen molar-refractivity contribution in [1.29, 1.82) is 0 Å². The van der Waals surface area contributed by atoms with Crippen LogP contribution in [0, 0.1) is 0 Å². The molecule has 1 heterocycles. The molecule has 9 heteroatoms. The van der Waals surface area contributed by atoms with Crippen LogP contribution < -0.4 is 5.32 Å². The monoisotopic (exact) mass is 741 g/mol. The molecule has 0 aromatic carbocycles. The molecule has 1 aliphatic heterocycles. The van der Waals surface area contributed by atoms with Crippen molar-refractivity contribution in [2.45, 2.75) is 194 Å². The Kier molecular flexibility index (Phi) is 34.4. The largest absolute Gasteiger partial charge is 0.397 e. The number of unbranched alkanes of at least 4 members (excludes halogenated alkanes) is 26. The molecule has 1 atom stereocenters. The van der Waals surface area contributed by atoms with Crippen molar-refractivity contribution < 1.29 is 26.4 Å². The molecule has 0 fully saturated rings. The Morgan fingerprint density at radius 2 is 1.08 bits per heavy atom. The van der Waals surface area contributed by atoms with Gasteiger partial charge in [-0.2, -0.15) is 8.42 Å². The van der Waals surface area contributed by atoms with Gasteiger partial charge >= 0.3 is 10.4 Å².